The van der Waals surface area contributed by atoms with Crippen molar-refractivity contribution < 1.29 is 9.13 Å². The van der Waals surface area contributed by atoms with Crippen molar-refractivity contribution in [2.45, 2.75) is 24.4 Å². The van der Waals surface area contributed by atoms with Gasteiger partial charge in [0.25, 0.3) is 0 Å². The largest absolute Gasteiger partial charge is 0.493 e. The molecule has 1 saturated heterocycles. The summed E-state index contributed by atoms with van der Waals surface area (Å²) < 4.78 is 19.7. The zero-order valence-electron chi connectivity index (χ0n) is 9.21. The highest BCUT2D eigenvalue weighted by molar-refractivity contribution is 5.38. The van der Waals surface area contributed by atoms with Crippen LogP contribution >= 0.6 is 0 Å². The summed E-state index contributed by atoms with van der Waals surface area (Å²) >= 11 is 0. The van der Waals surface area contributed by atoms with Crippen LogP contribution in [0.25, 0.3) is 0 Å². The van der Waals surface area contributed by atoms with Crippen LogP contribution in [0.5, 0.6) is 5.75 Å². The van der Waals surface area contributed by atoms with E-state index in [1.54, 1.807) is 0 Å². The molecule has 0 spiro atoms. The number of alkyl halides is 1. The van der Waals surface area contributed by atoms with E-state index in [0.29, 0.717) is 32.0 Å². The number of rotatable bonds is 2. The van der Waals surface area contributed by atoms with Gasteiger partial charge < -0.3 is 10.1 Å². The highest BCUT2D eigenvalue weighted by Gasteiger charge is 2.40. The molecule has 1 N–H and O–H groups in total. The number of nitrogens with one attached hydrogen (secondary N) is 1. The topological polar surface area (TPSA) is 21.3 Å². The molecule has 16 heavy (non-hydrogen) atoms. The maximum absolute atomic E-state index is 14.1. The van der Waals surface area contributed by atoms with Crippen LogP contribution in [0.1, 0.15) is 24.3 Å². The molecule has 3 heteroatoms. The molecule has 0 aliphatic carbocycles. The van der Waals surface area contributed by atoms with Gasteiger partial charge in [-0.2, -0.15) is 0 Å². The Balaban J connectivity index is 1.81. The normalized spacial score (nSPS) is 26.4. The van der Waals surface area contributed by atoms with Crippen molar-refractivity contribution in [2.24, 2.45) is 0 Å². The second-order valence-electron chi connectivity index (χ2n) is 4.83. The molecule has 1 aromatic rings. The fourth-order valence-electron chi connectivity index (χ4n) is 2.61. The van der Waals surface area contributed by atoms with Crippen molar-refractivity contribution in [3.05, 3.63) is 29.8 Å². The van der Waals surface area contributed by atoms with Crippen molar-refractivity contribution in [3.8, 4) is 5.75 Å². The van der Waals surface area contributed by atoms with Gasteiger partial charge in [0.1, 0.15) is 11.4 Å². The molecule has 2 nitrogen and oxygen atoms in total. The van der Waals surface area contributed by atoms with Gasteiger partial charge in [0.15, 0.2) is 0 Å². The standard InChI is InChI=1S/C13H16FNO/c14-13(8-15-9-13)7-10-5-6-16-12-4-2-1-3-11(10)12/h1-4,10,15H,5-9H2. The summed E-state index contributed by atoms with van der Waals surface area (Å²) in [7, 11) is 0. The Labute approximate surface area is 94.8 Å². The van der Waals surface area contributed by atoms with Crippen molar-refractivity contribution in [2.75, 3.05) is 19.7 Å². The van der Waals surface area contributed by atoms with Crippen LogP contribution in [-0.4, -0.2) is 25.4 Å². The summed E-state index contributed by atoms with van der Waals surface area (Å²) in [5.41, 5.74) is 0.187. The number of fused-ring (bicyclic) bond motifs is 1. The Hall–Kier alpha value is -1.09. The fourth-order valence-corrected chi connectivity index (χ4v) is 2.61. The maximum atomic E-state index is 14.1. The molecular formula is C13H16FNO. The van der Waals surface area contributed by atoms with Crippen LogP contribution in [0.3, 0.4) is 0 Å². The number of hydrogen-bond donors (Lipinski definition) is 1. The molecule has 1 atom stereocenters. The van der Waals surface area contributed by atoms with E-state index in [1.807, 2.05) is 18.2 Å². The van der Waals surface area contributed by atoms with Crippen LogP contribution < -0.4 is 10.1 Å². The molecule has 2 aliphatic rings. The van der Waals surface area contributed by atoms with Crippen molar-refractivity contribution in [1.82, 2.24) is 5.32 Å². The second-order valence-corrected chi connectivity index (χ2v) is 4.83. The molecule has 0 bridgehead atoms. The molecule has 1 unspecified atom stereocenters. The maximum Gasteiger partial charge on any atom is 0.136 e. The van der Waals surface area contributed by atoms with E-state index in [9.17, 15) is 4.39 Å². The summed E-state index contributed by atoms with van der Waals surface area (Å²) in [5, 5.41) is 3.01. The Kier molecular flexibility index (Phi) is 2.36. The van der Waals surface area contributed by atoms with Gasteiger partial charge >= 0.3 is 0 Å². The lowest BCUT2D eigenvalue weighted by atomic mass is 9.81. The van der Waals surface area contributed by atoms with E-state index in [1.165, 1.54) is 5.56 Å². The van der Waals surface area contributed by atoms with Gasteiger partial charge in [-0.25, -0.2) is 4.39 Å². The van der Waals surface area contributed by atoms with E-state index in [0.717, 1.165) is 12.2 Å². The number of hydrogen-bond acceptors (Lipinski definition) is 2. The molecule has 86 valence electrons. The first-order chi connectivity index (χ1) is 7.77. The Bertz CT molecular complexity index is 389. The molecule has 0 saturated carbocycles. The monoisotopic (exact) mass is 221 g/mol. The minimum atomic E-state index is -0.991. The van der Waals surface area contributed by atoms with Crippen LogP contribution in [0.4, 0.5) is 4.39 Å². The lowest BCUT2D eigenvalue weighted by Crippen LogP contribution is -2.56. The van der Waals surface area contributed by atoms with E-state index in [-0.39, 0.29) is 0 Å². The van der Waals surface area contributed by atoms with Crippen LogP contribution in [0.15, 0.2) is 24.3 Å². The lowest BCUT2D eigenvalue weighted by molar-refractivity contribution is 0.0657. The van der Waals surface area contributed by atoms with E-state index in [4.69, 9.17) is 4.74 Å². The summed E-state index contributed by atoms with van der Waals surface area (Å²) in [6, 6.07) is 8.02. The summed E-state index contributed by atoms with van der Waals surface area (Å²) in [6.45, 7) is 1.73. The number of halogens is 1. The lowest BCUT2D eigenvalue weighted by Gasteiger charge is -2.39. The Morgan fingerprint density at radius 2 is 2.19 bits per heavy atom. The molecular weight excluding hydrogens is 205 g/mol. The van der Waals surface area contributed by atoms with Gasteiger partial charge in [-0.1, -0.05) is 18.2 Å². The smallest absolute Gasteiger partial charge is 0.136 e. The quantitative estimate of drug-likeness (QED) is 0.827. The van der Waals surface area contributed by atoms with E-state index >= 15 is 0 Å². The van der Waals surface area contributed by atoms with Gasteiger partial charge in [-0.15, -0.1) is 0 Å². The Morgan fingerprint density at radius 1 is 1.38 bits per heavy atom. The van der Waals surface area contributed by atoms with E-state index in [2.05, 4.69) is 11.4 Å². The van der Waals surface area contributed by atoms with Crippen molar-refractivity contribution >= 4 is 0 Å². The molecule has 0 aromatic heterocycles. The van der Waals surface area contributed by atoms with Gasteiger partial charge in [0.2, 0.25) is 0 Å². The van der Waals surface area contributed by atoms with Gasteiger partial charge in [0, 0.05) is 13.1 Å². The molecule has 0 radical (unpaired) electrons. The number of benzene rings is 1. The van der Waals surface area contributed by atoms with Crippen LogP contribution in [0, 0.1) is 0 Å². The predicted molar refractivity (Wildman–Crippen MR) is 60.6 cm³/mol. The predicted octanol–water partition coefficient (Wildman–Crippen LogP) is 2.25. The van der Waals surface area contributed by atoms with Crippen LogP contribution in [-0.2, 0) is 0 Å². The number of para-hydroxylation sites is 1. The third-order valence-corrected chi connectivity index (χ3v) is 3.58. The summed E-state index contributed by atoms with van der Waals surface area (Å²) in [5.74, 6) is 1.26. The molecule has 1 aromatic carbocycles. The third-order valence-electron chi connectivity index (χ3n) is 3.58. The first-order valence-corrected chi connectivity index (χ1v) is 5.88. The fraction of sp³-hybridized carbons (Fsp3) is 0.538. The number of ether oxygens (including phenoxy) is 1. The zero-order valence-corrected chi connectivity index (χ0v) is 9.21. The minimum absolute atomic E-state index is 0.317. The minimum Gasteiger partial charge on any atom is -0.493 e. The Morgan fingerprint density at radius 3 is 2.94 bits per heavy atom. The zero-order chi connectivity index (χ0) is 11.0. The first kappa shape index (κ1) is 10.1. The van der Waals surface area contributed by atoms with E-state index < -0.39 is 5.67 Å². The molecule has 3 rings (SSSR count). The first-order valence-electron chi connectivity index (χ1n) is 5.88. The van der Waals surface area contributed by atoms with Crippen molar-refractivity contribution in [1.29, 1.82) is 0 Å². The molecule has 0 amide bonds. The second kappa shape index (κ2) is 3.74. The average molecular weight is 221 g/mol. The van der Waals surface area contributed by atoms with Crippen molar-refractivity contribution in [3.63, 3.8) is 0 Å². The average Bonchev–Trinajstić information content (AvgIpc) is 2.27. The van der Waals surface area contributed by atoms with Gasteiger partial charge in [-0.05, 0) is 30.4 Å². The molecule has 2 heterocycles. The van der Waals surface area contributed by atoms with Crippen LogP contribution in [0.2, 0.25) is 0 Å². The summed E-state index contributed by atoms with van der Waals surface area (Å²) in [6.07, 6.45) is 1.56. The highest BCUT2D eigenvalue weighted by atomic mass is 19.1. The summed E-state index contributed by atoms with van der Waals surface area (Å²) in [4.78, 5) is 0. The highest BCUT2D eigenvalue weighted by Crippen LogP contribution is 2.40. The van der Waals surface area contributed by atoms with Gasteiger partial charge in [-0.3, -0.25) is 0 Å². The molecule has 2 aliphatic heterocycles. The third kappa shape index (κ3) is 1.69. The molecule has 1 fully saturated rings. The SMILES string of the molecule is FC1(CC2CCOc3ccccc32)CNC1. The van der Waals surface area contributed by atoms with Gasteiger partial charge in [0.05, 0.1) is 6.61 Å².